The van der Waals surface area contributed by atoms with Crippen molar-refractivity contribution < 1.29 is 9.90 Å². The predicted octanol–water partition coefficient (Wildman–Crippen LogP) is 7.09. The molecule has 4 rings (SSSR count). The summed E-state index contributed by atoms with van der Waals surface area (Å²) in [4.78, 5) is 12.8. The molecule has 0 unspecified atom stereocenters. The molecule has 34 heavy (non-hydrogen) atoms. The quantitative estimate of drug-likeness (QED) is 0.407. The van der Waals surface area contributed by atoms with Crippen LogP contribution >= 0.6 is 0 Å². The first-order valence-corrected chi connectivity index (χ1v) is 12.4. The summed E-state index contributed by atoms with van der Waals surface area (Å²) in [5.74, 6) is 1.19. The average molecular weight is 464 g/mol. The normalized spacial score (nSPS) is 14.9. The highest BCUT2D eigenvalue weighted by Gasteiger charge is 2.26. The van der Waals surface area contributed by atoms with Gasteiger partial charge < -0.3 is 20.3 Å². The van der Waals surface area contributed by atoms with Crippen molar-refractivity contribution in [1.29, 1.82) is 0 Å². The fourth-order valence-corrected chi connectivity index (χ4v) is 4.49. The molecule has 184 valence electrons. The van der Waals surface area contributed by atoms with Crippen LogP contribution in [-0.2, 0) is 12.0 Å². The van der Waals surface area contributed by atoms with E-state index in [1.165, 1.54) is 32.5 Å². The van der Waals surface area contributed by atoms with Crippen LogP contribution in [0.15, 0.2) is 48.7 Å². The first kappa shape index (κ1) is 25.7. The van der Waals surface area contributed by atoms with Gasteiger partial charge in [-0.3, -0.25) is 0 Å². The molecule has 1 aliphatic rings. The summed E-state index contributed by atoms with van der Waals surface area (Å²) >= 11 is 0. The Bertz CT molecular complexity index is 1100. The molecule has 3 aromatic rings. The van der Waals surface area contributed by atoms with E-state index in [0.29, 0.717) is 19.0 Å². The number of aromatic nitrogens is 1. The zero-order valence-electron chi connectivity index (χ0n) is 21.6. The fourth-order valence-electron chi connectivity index (χ4n) is 4.49. The molecule has 0 radical (unpaired) electrons. The van der Waals surface area contributed by atoms with Gasteiger partial charge in [0.15, 0.2) is 0 Å². The summed E-state index contributed by atoms with van der Waals surface area (Å²) in [6.07, 6.45) is 3.13. The third-order valence-corrected chi connectivity index (χ3v) is 6.31. The molecule has 5 nitrogen and oxygen atoms in total. The van der Waals surface area contributed by atoms with Crippen molar-refractivity contribution in [3.8, 4) is 0 Å². The first-order chi connectivity index (χ1) is 16.0. The molecule has 1 amide bonds. The van der Waals surface area contributed by atoms with Crippen LogP contribution in [0.1, 0.15) is 77.0 Å². The number of likely N-dealkylation sites (tertiary alicyclic amines) is 1. The number of nitrogens with two attached hydrogens (primary N) is 1. The van der Waals surface area contributed by atoms with Crippen molar-refractivity contribution >= 4 is 22.7 Å². The van der Waals surface area contributed by atoms with Gasteiger partial charge in [-0.1, -0.05) is 65.8 Å². The van der Waals surface area contributed by atoms with Crippen molar-refractivity contribution in [2.45, 2.75) is 72.3 Å². The third-order valence-electron chi connectivity index (χ3n) is 6.31. The van der Waals surface area contributed by atoms with E-state index in [-0.39, 0.29) is 5.41 Å². The Morgan fingerprint density at radius 2 is 1.65 bits per heavy atom. The molecule has 1 fully saturated rings. The molecule has 3 N–H and O–H groups in total. The number of carbonyl (C=O) groups is 1. The molecule has 0 atom stereocenters. The number of amides is 1. The number of rotatable bonds is 3. The average Bonchev–Trinajstić information content (AvgIpc) is 3.10. The summed E-state index contributed by atoms with van der Waals surface area (Å²) in [5.41, 5.74) is 12.1. The molecule has 1 aromatic heterocycles. The Morgan fingerprint density at radius 3 is 2.18 bits per heavy atom. The summed E-state index contributed by atoms with van der Waals surface area (Å²) < 4.78 is 2.31. The second kappa shape index (κ2) is 10.5. The second-order valence-electron chi connectivity index (χ2n) is 11.2. The Morgan fingerprint density at radius 1 is 1.06 bits per heavy atom. The van der Waals surface area contributed by atoms with Gasteiger partial charge in [0.05, 0.1) is 0 Å². The van der Waals surface area contributed by atoms with Gasteiger partial charge in [-0.25, -0.2) is 4.79 Å². The maximum absolute atomic E-state index is 11.3. The van der Waals surface area contributed by atoms with Crippen molar-refractivity contribution in [2.24, 2.45) is 5.92 Å². The molecular weight excluding hydrogens is 422 g/mol. The number of anilines is 1. The molecule has 5 heteroatoms. The summed E-state index contributed by atoms with van der Waals surface area (Å²) in [6, 6.07) is 15.0. The third kappa shape index (κ3) is 6.34. The minimum Gasteiger partial charge on any atom is -0.465 e. The van der Waals surface area contributed by atoms with Gasteiger partial charge in [0, 0.05) is 42.4 Å². The summed E-state index contributed by atoms with van der Waals surface area (Å²) in [5, 5.41) is 10.4. The van der Waals surface area contributed by atoms with E-state index in [9.17, 15) is 9.90 Å². The van der Waals surface area contributed by atoms with Crippen molar-refractivity contribution in [3.05, 3.63) is 65.4 Å². The summed E-state index contributed by atoms with van der Waals surface area (Å²) in [6.45, 7) is 15.2. The highest BCUT2D eigenvalue weighted by Crippen LogP contribution is 2.36. The predicted molar refractivity (Wildman–Crippen MR) is 143 cm³/mol. The molecule has 1 saturated heterocycles. The van der Waals surface area contributed by atoms with Crippen molar-refractivity contribution in [1.82, 2.24) is 9.47 Å². The van der Waals surface area contributed by atoms with Crippen LogP contribution in [0, 0.1) is 5.92 Å². The number of fused-ring (bicyclic) bond motifs is 1. The molecule has 2 heterocycles. The van der Waals surface area contributed by atoms with E-state index in [2.05, 4.69) is 88.7 Å². The number of benzene rings is 2. The minimum atomic E-state index is -0.821. The number of hydrogen-bond donors (Lipinski definition) is 2. The number of piperidine rings is 1. The Kier molecular flexibility index (Phi) is 7.96. The van der Waals surface area contributed by atoms with Gasteiger partial charge in [0.25, 0.3) is 0 Å². The van der Waals surface area contributed by atoms with Crippen LogP contribution in [-0.4, -0.2) is 33.8 Å². The lowest BCUT2D eigenvalue weighted by molar-refractivity contribution is 0.132. The molecular formula is C29H41N3O2. The molecule has 0 aliphatic carbocycles. The SMILES string of the molecule is CC(C)(C)c1ccc(Cn2cc(C3CCN(C(=O)O)CC3)c3cc(N)ccc32)cc1.CC(C)C. The highest BCUT2D eigenvalue weighted by atomic mass is 16.4. The largest absolute Gasteiger partial charge is 0.465 e. The van der Waals surface area contributed by atoms with E-state index >= 15 is 0 Å². The maximum Gasteiger partial charge on any atom is 0.407 e. The smallest absolute Gasteiger partial charge is 0.407 e. The van der Waals surface area contributed by atoms with Crippen LogP contribution < -0.4 is 5.73 Å². The monoisotopic (exact) mass is 463 g/mol. The van der Waals surface area contributed by atoms with Gasteiger partial charge in [0.1, 0.15) is 0 Å². The van der Waals surface area contributed by atoms with Crippen LogP contribution in [0.2, 0.25) is 0 Å². The Balaban J connectivity index is 0.000000751. The molecule has 2 aromatic carbocycles. The molecule has 0 bridgehead atoms. The van der Waals surface area contributed by atoms with Crippen molar-refractivity contribution in [3.63, 3.8) is 0 Å². The number of hydrogen-bond acceptors (Lipinski definition) is 2. The van der Waals surface area contributed by atoms with E-state index < -0.39 is 6.09 Å². The second-order valence-corrected chi connectivity index (χ2v) is 11.2. The van der Waals surface area contributed by atoms with Crippen molar-refractivity contribution in [2.75, 3.05) is 18.8 Å². The standard InChI is InChI=1S/C25H31N3O2.C4H10/c1-25(2,3)19-6-4-17(5-7-19)15-28-16-22(21-14-20(26)8-9-23(21)28)18-10-12-27(13-11-18)24(29)30;1-4(2)3/h4-9,14,16,18H,10-13,15,26H2,1-3H3,(H,29,30);4H,1-3H3. The first-order valence-electron chi connectivity index (χ1n) is 12.4. The van der Waals surface area contributed by atoms with E-state index in [1.54, 1.807) is 0 Å². The minimum absolute atomic E-state index is 0.147. The van der Waals surface area contributed by atoms with Crippen LogP contribution in [0.3, 0.4) is 0 Å². The van der Waals surface area contributed by atoms with Crippen LogP contribution in [0.4, 0.5) is 10.5 Å². The van der Waals surface area contributed by atoms with Crippen LogP contribution in [0.25, 0.3) is 10.9 Å². The lowest BCUT2D eigenvalue weighted by atomic mass is 9.87. The summed E-state index contributed by atoms with van der Waals surface area (Å²) in [7, 11) is 0. The molecule has 0 spiro atoms. The van der Waals surface area contributed by atoms with Crippen LogP contribution in [0.5, 0.6) is 0 Å². The lowest BCUT2D eigenvalue weighted by Gasteiger charge is -2.29. The highest BCUT2D eigenvalue weighted by molar-refractivity contribution is 5.87. The van der Waals surface area contributed by atoms with Gasteiger partial charge >= 0.3 is 6.09 Å². The Labute approximate surface area is 204 Å². The van der Waals surface area contributed by atoms with Gasteiger partial charge in [0.2, 0.25) is 0 Å². The molecule has 0 saturated carbocycles. The van der Waals surface area contributed by atoms with E-state index in [1.807, 2.05) is 6.07 Å². The number of carboxylic acid groups (broad SMARTS) is 1. The van der Waals surface area contributed by atoms with Gasteiger partial charge in [-0.05, 0) is 65.0 Å². The van der Waals surface area contributed by atoms with E-state index in [0.717, 1.165) is 31.0 Å². The van der Waals surface area contributed by atoms with E-state index in [4.69, 9.17) is 5.73 Å². The molecule has 1 aliphatic heterocycles. The fraction of sp³-hybridized carbons (Fsp3) is 0.483. The van der Waals surface area contributed by atoms with Gasteiger partial charge in [-0.2, -0.15) is 0 Å². The number of nitrogens with zero attached hydrogens (tertiary/aromatic N) is 2. The number of nitrogen functional groups attached to an aromatic ring is 1. The lowest BCUT2D eigenvalue weighted by Crippen LogP contribution is -2.36. The Hall–Kier alpha value is -2.95. The zero-order valence-corrected chi connectivity index (χ0v) is 21.6. The topological polar surface area (TPSA) is 71.5 Å². The van der Waals surface area contributed by atoms with Gasteiger partial charge in [-0.15, -0.1) is 0 Å². The maximum atomic E-state index is 11.3. The zero-order chi connectivity index (χ0) is 25.0.